The Kier molecular flexibility index (Phi) is 5.47. The summed E-state index contributed by atoms with van der Waals surface area (Å²) in [7, 11) is 0. The van der Waals surface area contributed by atoms with E-state index in [9.17, 15) is 0 Å². The number of fused-ring (bicyclic) bond motifs is 1. The van der Waals surface area contributed by atoms with E-state index in [4.69, 9.17) is 9.97 Å². The largest absolute Gasteiger partial charge is 0.378 e. The van der Waals surface area contributed by atoms with Crippen molar-refractivity contribution in [3.8, 4) is 22.6 Å². The maximum atomic E-state index is 4.90. The molecule has 5 rings (SSSR count). The predicted octanol–water partition coefficient (Wildman–Crippen LogP) is 4.79. The fourth-order valence-corrected chi connectivity index (χ4v) is 3.87. The van der Waals surface area contributed by atoms with Gasteiger partial charge in [-0.25, -0.2) is 14.5 Å². The average Bonchev–Trinajstić information content (AvgIpc) is 3.45. The summed E-state index contributed by atoms with van der Waals surface area (Å²) in [5.74, 6) is 0.823. The Bertz CT molecular complexity index is 1360. The minimum Gasteiger partial charge on any atom is -0.378 e. The van der Waals surface area contributed by atoms with E-state index in [2.05, 4.69) is 25.1 Å². The molecule has 0 spiro atoms. The van der Waals surface area contributed by atoms with E-state index in [1.807, 2.05) is 74.0 Å². The zero-order valence-electron chi connectivity index (χ0n) is 17.7. The van der Waals surface area contributed by atoms with Crippen molar-refractivity contribution in [1.82, 2.24) is 29.5 Å². The van der Waals surface area contributed by atoms with Gasteiger partial charge in [0.15, 0.2) is 5.65 Å². The van der Waals surface area contributed by atoms with Gasteiger partial charge in [-0.2, -0.15) is 5.10 Å². The second kappa shape index (κ2) is 8.72. The first kappa shape index (κ1) is 20.1. The summed E-state index contributed by atoms with van der Waals surface area (Å²) >= 11 is 1.57. The number of hydrogen-bond donors (Lipinski definition) is 3. The molecule has 5 aromatic rings. The topological polar surface area (TPSA) is 95.8 Å². The van der Waals surface area contributed by atoms with Crippen molar-refractivity contribution in [2.24, 2.45) is 0 Å². The molecule has 0 aliphatic heterocycles. The Balaban J connectivity index is 1.47. The van der Waals surface area contributed by atoms with E-state index in [-0.39, 0.29) is 0 Å². The number of nitrogens with one attached hydrogen (secondary N) is 3. The summed E-state index contributed by atoms with van der Waals surface area (Å²) in [6, 6.07) is 18.1. The summed E-state index contributed by atoms with van der Waals surface area (Å²) in [5, 5.41) is 7.69. The fraction of sp³-hybridized carbons (Fsp3) is 0.130. The number of hydrogen-bond acceptors (Lipinski definition) is 7. The summed E-state index contributed by atoms with van der Waals surface area (Å²) < 4.78 is 4.97. The molecule has 0 aliphatic rings. The molecule has 8 nitrogen and oxygen atoms in total. The zero-order valence-corrected chi connectivity index (χ0v) is 18.5. The maximum absolute atomic E-state index is 4.90. The van der Waals surface area contributed by atoms with Gasteiger partial charge in [-0.05, 0) is 55.5 Å². The van der Waals surface area contributed by atoms with Crippen molar-refractivity contribution in [2.45, 2.75) is 13.5 Å². The summed E-state index contributed by atoms with van der Waals surface area (Å²) in [5.41, 5.74) is 7.34. The molecule has 0 radical (unpaired) electrons. The monoisotopic (exact) mass is 442 g/mol. The number of H-pyrrole nitrogens is 1. The molecule has 4 aromatic heterocycles. The number of aromatic nitrogens is 6. The third kappa shape index (κ3) is 4.15. The molecule has 0 fully saturated rings. The van der Waals surface area contributed by atoms with Crippen LogP contribution in [0, 0.1) is 6.92 Å². The van der Waals surface area contributed by atoms with Crippen LogP contribution in [0.2, 0.25) is 0 Å². The van der Waals surface area contributed by atoms with Crippen molar-refractivity contribution in [3.63, 3.8) is 0 Å². The molecule has 0 atom stereocenters. The highest BCUT2D eigenvalue weighted by Gasteiger charge is 2.16. The predicted molar refractivity (Wildman–Crippen MR) is 129 cm³/mol. The Morgan fingerprint density at radius 2 is 1.84 bits per heavy atom. The van der Waals surface area contributed by atoms with Gasteiger partial charge in [-0.15, -0.1) is 0 Å². The third-order valence-electron chi connectivity index (χ3n) is 5.01. The molecule has 0 unspecified atom stereocenters. The SMILES string of the molecule is CSNc1ccc(NCc2nc(-c3ccc4ncnn4c3)c(-c3cccc(C)n3)[nH]2)cc1. The van der Waals surface area contributed by atoms with Crippen LogP contribution in [0.3, 0.4) is 0 Å². The normalized spacial score (nSPS) is 11.1. The Morgan fingerprint density at radius 3 is 2.66 bits per heavy atom. The zero-order chi connectivity index (χ0) is 21.9. The van der Waals surface area contributed by atoms with Crippen LogP contribution in [0.1, 0.15) is 11.5 Å². The summed E-state index contributed by atoms with van der Waals surface area (Å²) in [6.45, 7) is 2.54. The highest BCUT2D eigenvalue weighted by molar-refractivity contribution is 7.99. The van der Waals surface area contributed by atoms with E-state index in [1.54, 1.807) is 22.8 Å². The number of nitrogens with zero attached hydrogens (tertiary/aromatic N) is 5. The van der Waals surface area contributed by atoms with Crippen LogP contribution >= 0.6 is 11.9 Å². The number of imidazole rings is 1. The first-order valence-electron chi connectivity index (χ1n) is 10.2. The van der Waals surface area contributed by atoms with Gasteiger partial charge >= 0.3 is 0 Å². The highest BCUT2D eigenvalue weighted by atomic mass is 32.2. The molecule has 0 saturated carbocycles. The number of aromatic amines is 1. The van der Waals surface area contributed by atoms with Gasteiger partial charge in [0.1, 0.15) is 12.2 Å². The third-order valence-corrected chi connectivity index (χ3v) is 5.45. The lowest BCUT2D eigenvalue weighted by Gasteiger charge is -2.06. The molecule has 1 aromatic carbocycles. The quantitative estimate of drug-likeness (QED) is 0.312. The van der Waals surface area contributed by atoms with Gasteiger partial charge in [-0.1, -0.05) is 18.0 Å². The lowest BCUT2D eigenvalue weighted by atomic mass is 10.1. The molecule has 32 heavy (non-hydrogen) atoms. The molecule has 9 heteroatoms. The number of aryl methyl sites for hydroxylation is 1. The van der Waals surface area contributed by atoms with E-state index in [1.165, 1.54) is 0 Å². The van der Waals surface area contributed by atoms with Crippen molar-refractivity contribution in [3.05, 3.63) is 78.6 Å². The van der Waals surface area contributed by atoms with Crippen molar-refractivity contribution >= 4 is 29.0 Å². The minimum absolute atomic E-state index is 0.555. The molecule has 0 bridgehead atoms. The molecular weight excluding hydrogens is 420 g/mol. The molecule has 0 aliphatic carbocycles. The standard InChI is InChI=1S/C23H22N8S/c1-15-4-3-5-19(27-15)23-22(16-6-11-21-25-14-26-31(21)13-16)28-20(29-23)12-24-17-7-9-18(10-8-17)30-32-2/h3-11,13-14,24,30H,12H2,1-2H3,(H,28,29). The number of rotatable bonds is 7. The van der Waals surface area contributed by atoms with E-state index >= 15 is 0 Å². The second-order valence-corrected chi connectivity index (χ2v) is 7.90. The van der Waals surface area contributed by atoms with Crippen LogP contribution in [0.15, 0.2) is 67.1 Å². The van der Waals surface area contributed by atoms with Crippen LogP contribution < -0.4 is 10.0 Å². The van der Waals surface area contributed by atoms with Gasteiger partial charge in [0, 0.05) is 35.1 Å². The van der Waals surface area contributed by atoms with Gasteiger partial charge in [0.25, 0.3) is 0 Å². The van der Waals surface area contributed by atoms with Crippen molar-refractivity contribution in [1.29, 1.82) is 0 Å². The Labute approximate surface area is 189 Å². The van der Waals surface area contributed by atoms with Gasteiger partial charge in [0.2, 0.25) is 0 Å². The Morgan fingerprint density at radius 1 is 1.00 bits per heavy atom. The first-order valence-corrected chi connectivity index (χ1v) is 11.4. The molecule has 160 valence electrons. The van der Waals surface area contributed by atoms with Crippen LogP contribution in [0.4, 0.5) is 11.4 Å². The molecule has 0 saturated heterocycles. The van der Waals surface area contributed by atoms with Crippen LogP contribution in [-0.4, -0.2) is 35.8 Å². The van der Waals surface area contributed by atoms with Crippen LogP contribution in [-0.2, 0) is 6.54 Å². The Hall–Kier alpha value is -3.85. The molecule has 3 N–H and O–H groups in total. The van der Waals surface area contributed by atoms with E-state index in [0.29, 0.717) is 6.54 Å². The van der Waals surface area contributed by atoms with E-state index in [0.717, 1.165) is 51.2 Å². The molecule has 4 heterocycles. The van der Waals surface area contributed by atoms with Gasteiger partial charge in [-0.3, -0.25) is 4.98 Å². The highest BCUT2D eigenvalue weighted by Crippen LogP contribution is 2.29. The lowest BCUT2D eigenvalue weighted by Crippen LogP contribution is -2.01. The minimum atomic E-state index is 0.555. The average molecular weight is 443 g/mol. The first-order chi connectivity index (χ1) is 15.7. The maximum Gasteiger partial charge on any atom is 0.155 e. The van der Waals surface area contributed by atoms with Gasteiger partial charge in [0.05, 0.1) is 23.6 Å². The summed E-state index contributed by atoms with van der Waals surface area (Å²) in [4.78, 5) is 17.3. The molecular formula is C23H22N8S. The van der Waals surface area contributed by atoms with Crippen LogP contribution in [0.5, 0.6) is 0 Å². The summed E-state index contributed by atoms with van der Waals surface area (Å²) in [6.07, 6.45) is 5.48. The lowest BCUT2D eigenvalue weighted by molar-refractivity contribution is 0.960. The number of anilines is 2. The number of pyridine rings is 2. The fourth-order valence-electron chi connectivity index (χ4n) is 3.50. The molecule has 0 amide bonds. The van der Waals surface area contributed by atoms with Crippen LogP contribution in [0.25, 0.3) is 28.3 Å². The van der Waals surface area contributed by atoms with Crippen molar-refractivity contribution < 1.29 is 0 Å². The van der Waals surface area contributed by atoms with Crippen molar-refractivity contribution in [2.75, 3.05) is 16.3 Å². The van der Waals surface area contributed by atoms with E-state index < -0.39 is 0 Å². The second-order valence-electron chi connectivity index (χ2n) is 7.29. The smallest absolute Gasteiger partial charge is 0.155 e. The van der Waals surface area contributed by atoms with Gasteiger partial charge < -0.3 is 15.0 Å². The number of benzene rings is 1.